The molecule has 0 aromatic heterocycles. The molecule has 0 fully saturated rings. The fourth-order valence-corrected chi connectivity index (χ4v) is 2.13. The number of nitriles is 1. The molecular weight excluding hydrogens is 264 g/mol. The Hall–Kier alpha value is -2.80. The van der Waals surface area contributed by atoms with Crippen molar-refractivity contribution in [1.82, 2.24) is 5.32 Å². The van der Waals surface area contributed by atoms with Gasteiger partial charge in [0.05, 0.1) is 6.61 Å². The van der Waals surface area contributed by atoms with E-state index >= 15 is 0 Å². The minimum atomic E-state index is -0.409. The second kappa shape index (κ2) is 6.58. The fourth-order valence-electron chi connectivity index (χ4n) is 2.13. The smallest absolute Gasteiger partial charge is 0.261 e. The van der Waals surface area contributed by atoms with E-state index < -0.39 is 5.91 Å². The van der Waals surface area contributed by atoms with E-state index in [1.54, 1.807) is 6.08 Å². The van der Waals surface area contributed by atoms with Crippen molar-refractivity contribution in [2.45, 2.75) is 6.92 Å². The van der Waals surface area contributed by atoms with Gasteiger partial charge in [-0.3, -0.25) is 4.79 Å². The average molecular weight is 280 g/mol. The first-order valence-corrected chi connectivity index (χ1v) is 6.69. The van der Waals surface area contributed by atoms with Gasteiger partial charge in [-0.15, -0.1) is 0 Å². The molecule has 0 saturated carbocycles. The van der Waals surface area contributed by atoms with Gasteiger partial charge in [0.25, 0.3) is 5.91 Å². The van der Waals surface area contributed by atoms with E-state index in [0.29, 0.717) is 12.4 Å². The molecule has 0 saturated heterocycles. The Morgan fingerprint density at radius 1 is 1.33 bits per heavy atom. The highest BCUT2D eigenvalue weighted by molar-refractivity contribution is 6.04. The van der Waals surface area contributed by atoms with Crippen LogP contribution in [0.4, 0.5) is 0 Å². The summed E-state index contributed by atoms with van der Waals surface area (Å²) < 4.78 is 5.62. The van der Waals surface area contributed by atoms with E-state index in [2.05, 4.69) is 5.32 Å². The van der Waals surface area contributed by atoms with Crippen LogP contribution in [0.25, 0.3) is 16.8 Å². The molecule has 1 amide bonds. The minimum absolute atomic E-state index is 0.0507. The van der Waals surface area contributed by atoms with Crippen molar-refractivity contribution < 1.29 is 9.53 Å². The summed E-state index contributed by atoms with van der Waals surface area (Å²) in [6.45, 7) is 2.41. The van der Waals surface area contributed by atoms with Crippen LogP contribution in [-0.4, -0.2) is 19.6 Å². The number of nitrogens with zero attached hydrogens (tertiary/aromatic N) is 1. The van der Waals surface area contributed by atoms with Gasteiger partial charge >= 0.3 is 0 Å². The van der Waals surface area contributed by atoms with Crippen LogP contribution < -0.4 is 10.1 Å². The highest BCUT2D eigenvalue weighted by Crippen LogP contribution is 2.30. The topological polar surface area (TPSA) is 62.1 Å². The maximum absolute atomic E-state index is 11.7. The number of benzene rings is 2. The van der Waals surface area contributed by atoms with Gasteiger partial charge in [-0.05, 0) is 29.8 Å². The first-order chi connectivity index (χ1) is 10.2. The lowest BCUT2D eigenvalue weighted by Gasteiger charge is -2.11. The molecule has 0 unspecified atom stereocenters. The van der Waals surface area contributed by atoms with Gasteiger partial charge in [0, 0.05) is 12.6 Å². The zero-order valence-corrected chi connectivity index (χ0v) is 12.0. The average Bonchev–Trinajstić information content (AvgIpc) is 2.53. The highest BCUT2D eigenvalue weighted by Gasteiger charge is 2.11. The molecule has 0 spiro atoms. The van der Waals surface area contributed by atoms with Crippen LogP contribution in [0, 0.1) is 11.3 Å². The molecule has 2 aromatic rings. The summed E-state index contributed by atoms with van der Waals surface area (Å²) in [5.41, 5.74) is 0.796. The van der Waals surface area contributed by atoms with E-state index in [-0.39, 0.29) is 5.57 Å². The molecular formula is C17H16N2O2. The molecule has 0 aliphatic carbocycles. The molecule has 106 valence electrons. The quantitative estimate of drug-likeness (QED) is 0.692. The fraction of sp³-hybridized carbons (Fsp3) is 0.176. The van der Waals surface area contributed by atoms with Crippen molar-refractivity contribution in [2.75, 3.05) is 13.7 Å². The lowest BCUT2D eigenvalue weighted by atomic mass is 10.0. The summed E-state index contributed by atoms with van der Waals surface area (Å²) in [4.78, 5) is 11.7. The molecule has 0 heterocycles. The first kappa shape index (κ1) is 14.6. The molecule has 0 bridgehead atoms. The molecule has 2 aromatic carbocycles. The molecule has 2 rings (SSSR count). The third-order valence-corrected chi connectivity index (χ3v) is 3.11. The Labute approximate surface area is 123 Å². The molecule has 0 atom stereocenters. The van der Waals surface area contributed by atoms with E-state index in [9.17, 15) is 4.79 Å². The lowest BCUT2D eigenvalue weighted by Crippen LogP contribution is -2.19. The number of hydrogen-bond donors (Lipinski definition) is 1. The predicted octanol–water partition coefficient (Wildman–Crippen LogP) is 2.89. The van der Waals surface area contributed by atoms with Crippen molar-refractivity contribution in [3.63, 3.8) is 0 Å². The summed E-state index contributed by atoms with van der Waals surface area (Å²) in [5, 5.41) is 13.6. The number of hydrogen-bond acceptors (Lipinski definition) is 3. The monoisotopic (exact) mass is 280 g/mol. The van der Waals surface area contributed by atoms with Gasteiger partial charge in [0.2, 0.25) is 0 Å². The Kier molecular flexibility index (Phi) is 4.57. The molecule has 4 nitrogen and oxygen atoms in total. The molecule has 0 aliphatic rings. The van der Waals surface area contributed by atoms with Crippen molar-refractivity contribution in [1.29, 1.82) is 5.26 Å². The summed E-state index contributed by atoms with van der Waals surface area (Å²) in [6.07, 6.45) is 1.58. The number of likely N-dealkylation sites (N-methyl/N-ethyl adjacent to an activating group) is 1. The van der Waals surface area contributed by atoms with Gasteiger partial charge in [-0.1, -0.05) is 30.3 Å². The first-order valence-electron chi connectivity index (χ1n) is 6.69. The van der Waals surface area contributed by atoms with Crippen LogP contribution in [-0.2, 0) is 4.79 Å². The Balaban J connectivity index is 2.69. The molecule has 21 heavy (non-hydrogen) atoms. The van der Waals surface area contributed by atoms with Crippen molar-refractivity contribution in [3.05, 3.63) is 47.5 Å². The second-order valence-electron chi connectivity index (χ2n) is 4.38. The SMILES string of the molecule is CCOc1ccc2ccccc2c1/C=C(\C#N)C(=O)NC. The Bertz CT molecular complexity index is 742. The van der Waals surface area contributed by atoms with E-state index in [1.807, 2.05) is 49.4 Å². The summed E-state index contributed by atoms with van der Waals surface area (Å²) in [6, 6.07) is 13.5. The van der Waals surface area contributed by atoms with E-state index in [0.717, 1.165) is 16.3 Å². The summed E-state index contributed by atoms with van der Waals surface area (Å²) >= 11 is 0. The van der Waals surface area contributed by atoms with Gasteiger partial charge < -0.3 is 10.1 Å². The van der Waals surface area contributed by atoms with Gasteiger partial charge in [0.15, 0.2) is 0 Å². The number of fused-ring (bicyclic) bond motifs is 1. The highest BCUT2D eigenvalue weighted by atomic mass is 16.5. The third kappa shape index (κ3) is 3.03. The zero-order chi connectivity index (χ0) is 15.2. The molecule has 0 radical (unpaired) electrons. The number of nitrogens with one attached hydrogen (secondary N) is 1. The van der Waals surface area contributed by atoms with Gasteiger partial charge in [0.1, 0.15) is 17.4 Å². The van der Waals surface area contributed by atoms with Crippen LogP contribution in [0.1, 0.15) is 12.5 Å². The summed E-state index contributed by atoms with van der Waals surface area (Å²) in [7, 11) is 1.50. The van der Waals surface area contributed by atoms with Crippen molar-refractivity contribution >= 4 is 22.8 Å². The van der Waals surface area contributed by atoms with E-state index in [1.165, 1.54) is 7.05 Å². The van der Waals surface area contributed by atoms with Gasteiger partial charge in [-0.25, -0.2) is 0 Å². The van der Waals surface area contributed by atoms with Gasteiger partial charge in [-0.2, -0.15) is 5.26 Å². The zero-order valence-electron chi connectivity index (χ0n) is 12.0. The van der Waals surface area contributed by atoms with Crippen molar-refractivity contribution in [3.8, 4) is 11.8 Å². The number of rotatable bonds is 4. The maximum Gasteiger partial charge on any atom is 0.261 e. The number of ether oxygens (including phenoxy) is 1. The third-order valence-electron chi connectivity index (χ3n) is 3.11. The number of carbonyl (C=O) groups is 1. The number of carbonyl (C=O) groups excluding carboxylic acids is 1. The van der Waals surface area contributed by atoms with Crippen LogP contribution in [0.15, 0.2) is 42.0 Å². The maximum atomic E-state index is 11.7. The largest absolute Gasteiger partial charge is 0.493 e. The second-order valence-corrected chi connectivity index (χ2v) is 4.38. The van der Waals surface area contributed by atoms with Crippen LogP contribution in [0.5, 0.6) is 5.75 Å². The predicted molar refractivity (Wildman–Crippen MR) is 82.8 cm³/mol. The van der Waals surface area contributed by atoms with E-state index in [4.69, 9.17) is 10.00 Å². The number of amides is 1. The van der Waals surface area contributed by atoms with Crippen LogP contribution >= 0.6 is 0 Å². The standard InChI is InChI=1S/C17H16N2O2/c1-3-21-16-9-8-12-6-4-5-7-14(12)15(16)10-13(11-18)17(20)19-2/h4-10H,3H2,1-2H3,(H,19,20)/b13-10+. The molecule has 1 N–H and O–H groups in total. The Morgan fingerprint density at radius 2 is 2.10 bits per heavy atom. The molecule has 0 aliphatic heterocycles. The van der Waals surface area contributed by atoms with Crippen molar-refractivity contribution in [2.24, 2.45) is 0 Å². The lowest BCUT2D eigenvalue weighted by molar-refractivity contribution is -0.116. The normalized spacial score (nSPS) is 11.0. The summed E-state index contributed by atoms with van der Waals surface area (Å²) in [5.74, 6) is 0.251. The van der Waals surface area contributed by atoms with Crippen LogP contribution in [0.2, 0.25) is 0 Å². The minimum Gasteiger partial charge on any atom is -0.493 e. The Morgan fingerprint density at radius 3 is 2.76 bits per heavy atom. The van der Waals surface area contributed by atoms with Crippen LogP contribution in [0.3, 0.4) is 0 Å². The molecule has 4 heteroatoms.